The van der Waals surface area contributed by atoms with Crippen LogP contribution in [0.25, 0.3) is 11.0 Å². The maximum absolute atomic E-state index is 12.9. The van der Waals surface area contributed by atoms with Gasteiger partial charge in [0, 0.05) is 37.1 Å². The highest BCUT2D eigenvalue weighted by Crippen LogP contribution is 2.25. The van der Waals surface area contributed by atoms with Crippen LogP contribution in [0.15, 0.2) is 88.6 Å². The number of carbonyl (C=O) groups excluding carboxylic acids is 2. The molecular formula is C32H31N5O5. The number of benzene rings is 2. The molecule has 2 amide bonds. The van der Waals surface area contributed by atoms with Gasteiger partial charge < -0.3 is 19.6 Å². The summed E-state index contributed by atoms with van der Waals surface area (Å²) in [6.45, 7) is 5.57. The van der Waals surface area contributed by atoms with E-state index in [1.54, 1.807) is 45.3 Å². The van der Waals surface area contributed by atoms with E-state index in [1.807, 2.05) is 48.5 Å². The molecule has 0 spiro atoms. The van der Waals surface area contributed by atoms with Crippen molar-refractivity contribution in [2.24, 2.45) is 0 Å². The van der Waals surface area contributed by atoms with Gasteiger partial charge in [0.2, 0.25) is 0 Å². The minimum Gasteiger partial charge on any atom is -0.444 e. The van der Waals surface area contributed by atoms with Crippen molar-refractivity contribution < 1.29 is 18.8 Å². The first-order valence-electron chi connectivity index (χ1n) is 13.5. The lowest BCUT2D eigenvalue weighted by atomic mass is 10.0. The number of hydrogen-bond acceptors (Lipinski definition) is 7. The second-order valence-electron chi connectivity index (χ2n) is 10.9. The molecule has 3 heterocycles. The van der Waals surface area contributed by atoms with E-state index in [9.17, 15) is 14.4 Å². The maximum atomic E-state index is 12.9. The molecule has 5 rings (SSSR count). The molecule has 3 N–H and O–H groups in total. The van der Waals surface area contributed by atoms with Gasteiger partial charge in [0.05, 0.1) is 10.9 Å². The summed E-state index contributed by atoms with van der Waals surface area (Å²) in [4.78, 5) is 44.0. The molecule has 0 bridgehead atoms. The Bertz CT molecular complexity index is 1780. The van der Waals surface area contributed by atoms with Gasteiger partial charge in [-0.3, -0.25) is 19.9 Å². The van der Waals surface area contributed by atoms with Crippen LogP contribution in [0.3, 0.4) is 0 Å². The molecule has 0 saturated carbocycles. The molecule has 3 aromatic heterocycles. The van der Waals surface area contributed by atoms with Gasteiger partial charge in [-0.2, -0.15) is 0 Å². The topological polar surface area (TPSA) is 139 Å². The van der Waals surface area contributed by atoms with Gasteiger partial charge >= 0.3 is 6.09 Å². The smallest absolute Gasteiger partial charge is 0.413 e. The van der Waals surface area contributed by atoms with E-state index in [0.717, 1.165) is 22.3 Å². The zero-order valence-corrected chi connectivity index (χ0v) is 23.6. The second-order valence-corrected chi connectivity index (χ2v) is 10.9. The Labute approximate surface area is 242 Å². The molecule has 42 heavy (non-hydrogen) atoms. The van der Waals surface area contributed by atoms with Crippen LogP contribution in [0.4, 0.5) is 10.6 Å². The molecule has 214 valence electrons. The normalized spacial score (nSPS) is 11.3. The van der Waals surface area contributed by atoms with Crippen molar-refractivity contribution in [2.75, 3.05) is 5.32 Å². The number of aromatic amines is 1. The molecule has 0 saturated heterocycles. The third-order valence-corrected chi connectivity index (χ3v) is 6.39. The molecule has 5 aromatic rings. The number of anilines is 1. The lowest BCUT2D eigenvalue weighted by Crippen LogP contribution is -2.27. The van der Waals surface area contributed by atoms with Crippen molar-refractivity contribution >= 4 is 28.8 Å². The van der Waals surface area contributed by atoms with Crippen LogP contribution in [0, 0.1) is 0 Å². The van der Waals surface area contributed by atoms with E-state index in [0.29, 0.717) is 34.9 Å². The minimum atomic E-state index is -0.652. The van der Waals surface area contributed by atoms with Crippen molar-refractivity contribution in [1.29, 1.82) is 0 Å². The van der Waals surface area contributed by atoms with Crippen LogP contribution in [0.2, 0.25) is 0 Å². The van der Waals surface area contributed by atoms with Crippen LogP contribution in [0.5, 0.6) is 0 Å². The Balaban J connectivity index is 1.20. The molecule has 0 unspecified atom stereocenters. The number of ether oxygens (including phenoxy) is 1. The summed E-state index contributed by atoms with van der Waals surface area (Å²) < 4.78 is 10.6. The average Bonchev–Trinajstić information content (AvgIpc) is 3.34. The summed E-state index contributed by atoms with van der Waals surface area (Å²) in [6, 6.07) is 18.9. The van der Waals surface area contributed by atoms with Crippen molar-refractivity contribution in [3.8, 4) is 0 Å². The quantitative estimate of drug-likeness (QED) is 0.230. The summed E-state index contributed by atoms with van der Waals surface area (Å²) in [5.41, 5.74) is 4.74. The highest BCUT2D eigenvalue weighted by atomic mass is 16.6. The van der Waals surface area contributed by atoms with Gasteiger partial charge in [-0.1, -0.05) is 41.6 Å². The Morgan fingerprint density at radius 2 is 1.67 bits per heavy atom. The largest absolute Gasteiger partial charge is 0.444 e. The van der Waals surface area contributed by atoms with E-state index in [4.69, 9.17) is 9.26 Å². The SMILES string of the molecule is CC(C)(C)OC(=O)Nc1noc2ccc(CNC(=O)c3cncc(Cc4ccc(Cc5ccc[nH]c5=O)cc4)c3)cc12. The predicted molar refractivity (Wildman–Crippen MR) is 158 cm³/mol. The number of amides is 2. The molecule has 2 aromatic carbocycles. The molecule has 0 aliphatic carbocycles. The molecule has 10 heteroatoms. The number of H-pyrrole nitrogens is 1. The zero-order valence-electron chi connectivity index (χ0n) is 23.6. The summed E-state index contributed by atoms with van der Waals surface area (Å²) in [7, 11) is 0. The van der Waals surface area contributed by atoms with Gasteiger partial charge in [-0.15, -0.1) is 0 Å². The number of nitrogens with one attached hydrogen (secondary N) is 3. The first-order valence-corrected chi connectivity index (χ1v) is 13.5. The molecule has 0 aliphatic heterocycles. The third kappa shape index (κ3) is 7.28. The van der Waals surface area contributed by atoms with Crippen LogP contribution < -0.4 is 16.2 Å². The second kappa shape index (κ2) is 12.1. The van der Waals surface area contributed by atoms with Crippen LogP contribution >= 0.6 is 0 Å². The zero-order chi connectivity index (χ0) is 29.7. The first-order chi connectivity index (χ1) is 20.1. The van der Waals surface area contributed by atoms with Gasteiger partial charge in [-0.25, -0.2) is 4.79 Å². The average molecular weight is 566 g/mol. The lowest BCUT2D eigenvalue weighted by Gasteiger charge is -2.19. The summed E-state index contributed by atoms with van der Waals surface area (Å²) >= 11 is 0. The molecule has 0 atom stereocenters. The highest BCUT2D eigenvalue weighted by Gasteiger charge is 2.19. The molecule has 0 fully saturated rings. The Kier molecular flexibility index (Phi) is 8.14. The van der Waals surface area contributed by atoms with E-state index in [-0.39, 0.29) is 23.8 Å². The number of nitrogens with zero attached hydrogens (tertiary/aromatic N) is 2. The predicted octanol–water partition coefficient (Wildman–Crippen LogP) is 5.37. The fraction of sp³-hybridized carbons (Fsp3) is 0.219. The standard InChI is InChI=1S/C32H31N5O5/c1-32(2,3)41-31(40)36-28-26-16-22(10-11-27(26)42-37-28)18-35-30(39)25-15-23(17-33-19-25)13-20-6-8-21(9-7-20)14-24-5-4-12-34-29(24)38/h4-12,15-17,19H,13-14,18H2,1-3H3,(H,34,38)(H,35,39)(H,36,37,40). The fourth-order valence-corrected chi connectivity index (χ4v) is 4.41. The Morgan fingerprint density at radius 1 is 0.929 bits per heavy atom. The summed E-state index contributed by atoms with van der Waals surface area (Å²) in [6.07, 6.45) is 5.43. The summed E-state index contributed by atoms with van der Waals surface area (Å²) in [5.74, 6) is -0.0172. The van der Waals surface area contributed by atoms with Crippen molar-refractivity contribution in [1.82, 2.24) is 20.4 Å². The van der Waals surface area contributed by atoms with E-state index < -0.39 is 11.7 Å². The number of pyridine rings is 2. The highest BCUT2D eigenvalue weighted by molar-refractivity contribution is 5.97. The first kappa shape index (κ1) is 28.3. The Morgan fingerprint density at radius 3 is 2.40 bits per heavy atom. The van der Waals surface area contributed by atoms with Crippen LogP contribution in [0.1, 0.15) is 58.9 Å². The van der Waals surface area contributed by atoms with Gasteiger partial charge in [0.1, 0.15) is 5.60 Å². The van der Waals surface area contributed by atoms with Crippen LogP contribution in [-0.4, -0.2) is 32.7 Å². The fourth-order valence-electron chi connectivity index (χ4n) is 4.41. The molecule has 0 radical (unpaired) electrons. The van der Waals surface area contributed by atoms with Crippen molar-refractivity contribution in [3.05, 3.63) is 123 Å². The van der Waals surface area contributed by atoms with E-state index >= 15 is 0 Å². The van der Waals surface area contributed by atoms with E-state index in [1.165, 1.54) is 6.20 Å². The Hall–Kier alpha value is -5.25. The molecule has 0 aliphatic rings. The third-order valence-electron chi connectivity index (χ3n) is 6.39. The number of rotatable bonds is 8. The number of fused-ring (bicyclic) bond motifs is 1. The van der Waals surface area contributed by atoms with Gasteiger partial charge in [0.15, 0.2) is 11.4 Å². The van der Waals surface area contributed by atoms with Crippen molar-refractivity contribution in [3.63, 3.8) is 0 Å². The molecular weight excluding hydrogens is 534 g/mol. The van der Waals surface area contributed by atoms with Crippen LogP contribution in [-0.2, 0) is 24.1 Å². The maximum Gasteiger partial charge on any atom is 0.413 e. The minimum absolute atomic E-state index is 0.0817. The number of carbonyl (C=O) groups is 2. The van der Waals surface area contributed by atoms with Crippen molar-refractivity contribution in [2.45, 2.75) is 45.8 Å². The van der Waals surface area contributed by atoms with Gasteiger partial charge in [0.25, 0.3) is 11.5 Å². The summed E-state index contributed by atoms with van der Waals surface area (Å²) in [5, 5.41) is 10.0. The van der Waals surface area contributed by atoms with E-state index in [2.05, 4.69) is 25.8 Å². The number of aromatic nitrogens is 3. The lowest BCUT2D eigenvalue weighted by molar-refractivity contribution is 0.0634. The number of hydrogen-bond donors (Lipinski definition) is 3. The monoisotopic (exact) mass is 565 g/mol. The van der Waals surface area contributed by atoms with Gasteiger partial charge in [-0.05, 0) is 73.7 Å². The molecule has 10 nitrogen and oxygen atoms in total.